The van der Waals surface area contributed by atoms with E-state index in [4.69, 9.17) is 0 Å². The summed E-state index contributed by atoms with van der Waals surface area (Å²) in [5, 5.41) is 10.8. The molecular formula is C28H16S. The van der Waals surface area contributed by atoms with Gasteiger partial charge < -0.3 is 0 Å². The van der Waals surface area contributed by atoms with Crippen LogP contribution in [-0.4, -0.2) is 0 Å². The van der Waals surface area contributed by atoms with Crippen LogP contribution in [0.1, 0.15) is 0 Å². The van der Waals surface area contributed by atoms with Crippen molar-refractivity contribution < 1.29 is 0 Å². The van der Waals surface area contributed by atoms with Crippen molar-refractivity contribution in [3.63, 3.8) is 0 Å². The van der Waals surface area contributed by atoms with E-state index in [0.29, 0.717) is 0 Å². The first kappa shape index (κ1) is 15.5. The lowest BCUT2D eigenvalue weighted by Gasteiger charge is -2.14. The molecule has 134 valence electrons. The number of hydrogen-bond donors (Lipinski definition) is 0. The van der Waals surface area contributed by atoms with Gasteiger partial charge in [-0.3, -0.25) is 0 Å². The minimum atomic E-state index is 1.32. The van der Waals surface area contributed by atoms with Gasteiger partial charge in [0.1, 0.15) is 0 Å². The summed E-state index contributed by atoms with van der Waals surface area (Å²) in [6, 6.07) is 35.8. The van der Waals surface area contributed by atoms with Crippen molar-refractivity contribution in [3.8, 4) is 11.1 Å². The largest absolute Gasteiger partial charge is 0.135 e. The maximum atomic E-state index is 2.31. The summed E-state index contributed by atoms with van der Waals surface area (Å²) < 4.78 is 2.73. The number of hydrogen-bond acceptors (Lipinski definition) is 1. The third-order valence-electron chi connectivity index (χ3n) is 6.22. The van der Waals surface area contributed by atoms with Gasteiger partial charge in [-0.05, 0) is 43.9 Å². The van der Waals surface area contributed by atoms with Crippen LogP contribution in [0.5, 0.6) is 0 Å². The van der Waals surface area contributed by atoms with Gasteiger partial charge in [0, 0.05) is 25.7 Å². The van der Waals surface area contributed by atoms with E-state index in [-0.39, 0.29) is 0 Å². The monoisotopic (exact) mass is 384 g/mol. The summed E-state index contributed by atoms with van der Waals surface area (Å²) >= 11 is 1.90. The van der Waals surface area contributed by atoms with Gasteiger partial charge in [-0.2, -0.15) is 0 Å². The molecular weight excluding hydrogens is 368 g/mol. The van der Waals surface area contributed by atoms with E-state index in [0.717, 1.165) is 0 Å². The SMILES string of the molecule is c1cc2ccc3ccc(-c4cccc5c4sc4ccccc45)c4ccc(c1)c2c34. The lowest BCUT2D eigenvalue weighted by molar-refractivity contribution is 1.74. The van der Waals surface area contributed by atoms with E-state index >= 15 is 0 Å². The highest BCUT2D eigenvalue weighted by Gasteiger charge is 2.15. The Morgan fingerprint density at radius 2 is 1.10 bits per heavy atom. The highest BCUT2D eigenvalue weighted by Crippen LogP contribution is 2.44. The van der Waals surface area contributed by atoms with Crippen LogP contribution in [0.3, 0.4) is 0 Å². The second-order valence-corrected chi connectivity index (χ2v) is 8.80. The van der Waals surface area contributed by atoms with Crippen LogP contribution in [0.2, 0.25) is 0 Å². The molecule has 7 aromatic rings. The molecule has 0 fully saturated rings. The summed E-state index contributed by atoms with van der Waals surface area (Å²) in [5.74, 6) is 0. The summed E-state index contributed by atoms with van der Waals surface area (Å²) in [7, 11) is 0. The van der Waals surface area contributed by atoms with Gasteiger partial charge in [0.2, 0.25) is 0 Å². The van der Waals surface area contributed by atoms with E-state index in [1.165, 1.54) is 63.6 Å². The molecule has 6 aromatic carbocycles. The molecule has 0 aliphatic carbocycles. The van der Waals surface area contributed by atoms with E-state index in [9.17, 15) is 0 Å². The van der Waals surface area contributed by atoms with Crippen LogP contribution in [0.25, 0.3) is 63.6 Å². The molecule has 0 aliphatic heterocycles. The molecule has 7 rings (SSSR count). The Morgan fingerprint density at radius 3 is 2.00 bits per heavy atom. The normalized spacial score (nSPS) is 12.1. The maximum Gasteiger partial charge on any atom is 0.0434 e. The van der Waals surface area contributed by atoms with Crippen LogP contribution in [0.15, 0.2) is 97.1 Å². The van der Waals surface area contributed by atoms with Crippen LogP contribution in [0.4, 0.5) is 0 Å². The quantitative estimate of drug-likeness (QED) is 0.248. The lowest BCUT2D eigenvalue weighted by Crippen LogP contribution is -1.87. The summed E-state index contributed by atoms with van der Waals surface area (Å²) in [4.78, 5) is 0. The van der Waals surface area contributed by atoms with Gasteiger partial charge in [-0.15, -0.1) is 11.3 Å². The second kappa shape index (κ2) is 5.56. The maximum absolute atomic E-state index is 2.31. The zero-order chi connectivity index (χ0) is 18.9. The average Bonchev–Trinajstić information content (AvgIpc) is 3.16. The van der Waals surface area contributed by atoms with Crippen LogP contribution in [0, 0.1) is 0 Å². The molecule has 0 spiro atoms. The number of thiophene rings is 1. The molecule has 0 saturated carbocycles. The molecule has 1 aromatic heterocycles. The summed E-state index contributed by atoms with van der Waals surface area (Å²) in [6.45, 7) is 0. The Hall–Kier alpha value is -3.42. The molecule has 0 amide bonds. The molecule has 0 bridgehead atoms. The Morgan fingerprint density at radius 1 is 0.414 bits per heavy atom. The molecule has 0 nitrogen and oxygen atoms in total. The molecule has 0 radical (unpaired) electrons. The fraction of sp³-hybridized carbons (Fsp3) is 0. The van der Waals surface area contributed by atoms with Gasteiger partial charge >= 0.3 is 0 Å². The van der Waals surface area contributed by atoms with E-state index in [1.54, 1.807) is 0 Å². The van der Waals surface area contributed by atoms with Crippen LogP contribution < -0.4 is 0 Å². The summed E-state index contributed by atoms with van der Waals surface area (Å²) in [5.41, 5.74) is 2.66. The van der Waals surface area contributed by atoms with Gasteiger partial charge in [0.05, 0.1) is 0 Å². The third kappa shape index (κ3) is 2.03. The minimum Gasteiger partial charge on any atom is -0.135 e. The van der Waals surface area contributed by atoms with Gasteiger partial charge in [0.15, 0.2) is 0 Å². The molecule has 0 aliphatic rings. The van der Waals surface area contributed by atoms with Gasteiger partial charge in [0.25, 0.3) is 0 Å². The van der Waals surface area contributed by atoms with E-state index < -0.39 is 0 Å². The fourth-order valence-electron chi connectivity index (χ4n) is 4.93. The Balaban J connectivity index is 1.66. The first-order valence-electron chi connectivity index (χ1n) is 9.96. The average molecular weight is 385 g/mol. The Bertz CT molecular complexity index is 1680. The number of benzene rings is 6. The van der Waals surface area contributed by atoms with Gasteiger partial charge in [-0.25, -0.2) is 0 Å². The first-order valence-corrected chi connectivity index (χ1v) is 10.8. The van der Waals surface area contributed by atoms with Gasteiger partial charge in [-0.1, -0.05) is 91.0 Å². The highest BCUT2D eigenvalue weighted by atomic mass is 32.1. The van der Waals surface area contributed by atoms with E-state index in [1.807, 2.05) is 11.3 Å². The van der Waals surface area contributed by atoms with Crippen molar-refractivity contribution >= 4 is 63.8 Å². The van der Waals surface area contributed by atoms with Crippen molar-refractivity contribution in [1.82, 2.24) is 0 Å². The third-order valence-corrected chi connectivity index (χ3v) is 7.44. The number of rotatable bonds is 1. The zero-order valence-corrected chi connectivity index (χ0v) is 16.5. The first-order chi connectivity index (χ1) is 14.4. The predicted molar refractivity (Wildman–Crippen MR) is 128 cm³/mol. The summed E-state index contributed by atoms with van der Waals surface area (Å²) in [6.07, 6.45) is 0. The predicted octanol–water partition coefficient (Wildman–Crippen LogP) is 8.62. The van der Waals surface area contributed by atoms with Crippen LogP contribution >= 0.6 is 11.3 Å². The van der Waals surface area contributed by atoms with Crippen molar-refractivity contribution in [2.24, 2.45) is 0 Å². The molecule has 0 saturated heterocycles. The topological polar surface area (TPSA) is 0 Å². The highest BCUT2D eigenvalue weighted by molar-refractivity contribution is 7.26. The Labute approximate surface area is 172 Å². The van der Waals surface area contributed by atoms with Crippen molar-refractivity contribution in [2.75, 3.05) is 0 Å². The molecule has 0 atom stereocenters. The molecule has 1 heterocycles. The smallest absolute Gasteiger partial charge is 0.0434 e. The molecule has 0 unspecified atom stereocenters. The molecule has 29 heavy (non-hydrogen) atoms. The molecule has 1 heteroatoms. The second-order valence-electron chi connectivity index (χ2n) is 7.75. The minimum absolute atomic E-state index is 1.32. The number of fused-ring (bicyclic) bond motifs is 3. The zero-order valence-electron chi connectivity index (χ0n) is 15.6. The standard InChI is InChI=1S/C28H16S/c1-2-10-25-21(7-1)24-9-4-8-23(28(24)29-25)20-15-13-19-12-11-17-5-3-6-18-14-16-22(20)27(19)26(17)18/h1-16H. The lowest BCUT2D eigenvalue weighted by atomic mass is 9.89. The fourth-order valence-corrected chi connectivity index (χ4v) is 6.16. The van der Waals surface area contributed by atoms with Crippen LogP contribution in [-0.2, 0) is 0 Å². The van der Waals surface area contributed by atoms with E-state index in [2.05, 4.69) is 97.1 Å². The van der Waals surface area contributed by atoms with Crippen molar-refractivity contribution in [1.29, 1.82) is 0 Å². The Kier molecular flexibility index (Phi) is 2.97. The molecule has 0 N–H and O–H groups in total. The van der Waals surface area contributed by atoms with Crippen molar-refractivity contribution in [2.45, 2.75) is 0 Å². The van der Waals surface area contributed by atoms with Crippen molar-refractivity contribution in [3.05, 3.63) is 97.1 Å².